The highest BCUT2D eigenvalue weighted by molar-refractivity contribution is 14.0. The molecule has 0 atom stereocenters. The van der Waals surface area contributed by atoms with Crippen LogP contribution in [0.1, 0.15) is 30.9 Å². The predicted molar refractivity (Wildman–Crippen MR) is 107 cm³/mol. The molecule has 0 aliphatic heterocycles. The fourth-order valence-corrected chi connectivity index (χ4v) is 2.02. The number of benzene rings is 1. The molecule has 0 amide bonds. The van der Waals surface area contributed by atoms with Gasteiger partial charge in [-0.05, 0) is 32.5 Å². The van der Waals surface area contributed by atoms with E-state index in [0.29, 0.717) is 0 Å². The number of aryl methyl sites for hydroxylation is 1. The summed E-state index contributed by atoms with van der Waals surface area (Å²) in [5, 5.41) is 6.70. The summed E-state index contributed by atoms with van der Waals surface area (Å²) in [6.07, 6.45) is 2.51. The average molecular weight is 418 g/mol. The molecule has 1 aromatic rings. The van der Waals surface area contributed by atoms with Crippen LogP contribution in [-0.2, 0) is 6.54 Å². The van der Waals surface area contributed by atoms with Crippen molar-refractivity contribution in [3.63, 3.8) is 0 Å². The van der Waals surface area contributed by atoms with Crippen LogP contribution >= 0.6 is 24.0 Å². The zero-order valence-corrected chi connectivity index (χ0v) is 16.7. The quantitative estimate of drug-likeness (QED) is 0.388. The lowest BCUT2D eigenvalue weighted by Crippen LogP contribution is -2.40. The van der Waals surface area contributed by atoms with Gasteiger partial charge >= 0.3 is 0 Å². The van der Waals surface area contributed by atoms with Crippen LogP contribution in [0.5, 0.6) is 0 Å². The second-order valence-electron chi connectivity index (χ2n) is 5.49. The highest BCUT2D eigenvalue weighted by Crippen LogP contribution is 2.02. The summed E-state index contributed by atoms with van der Waals surface area (Å²) in [7, 11) is 3.98. The Morgan fingerprint density at radius 3 is 2.41 bits per heavy atom. The van der Waals surface area contributed by atoms with Gasteiger partial charge in [-0.3, -0.25) is 4.99 Å². The Morgan fingerprint density at radius 1 is 1.14 bits per heavy atom. The number of guanidine groups is 1. The standard InChI is InChI=1S/C17H30N4.HI/c1-5-6-12-21(4)13-11-19-17(18-3)20-14-16-9-7-15(2)8-10-16;/h7-10H,5-6,11-14H2,1-4H3,(H2,18,19,20);1H. The van der Waals surface area contributed by atoms with E-state index in [2.05, 4.69) is 65.7 Å². The van der Waals surface area contributed by atoms with Crippen LogP contribution in [0.3, 0.4) is 0 Å². The van der Waals surface area contributed by atoms with E-state index in [1.165, 1.54) is 24.0 Å². The number of aliphatic imine (C=N–C) groups is 1. The smallest absolute Gasteiger partial charge is 0.191 e. The summed E-state index contributed by atoms with van der Waals surface area (Å²) in [5.41, 5.74) is 2.56. The van der Waals surface area contributed by atoms with E-state index in [0.717, 1.165) is 32.1 Å². The van der Waals surface area contributed by atoms with E-state index in [1.807, 2.05) is 7.05 Å². The third-order valence-corrected chi connectivity index (χ3v) is 3.48. The minimum Gasteiger partial charge on any atom is -0.355 e. The third-order valence-electron chi connectivity index (χ3n) is 3.48. The number of rotatable bonds is 8. The summed E-state index contributed by atoms with van der Waals surface area (Å²) in [6.45, 7) is 8.23. The van der Waals surface area contributed by atoms with E-state index < -0.39 is 0 Å². The van der Waals surface area contributed by atoms with Gasteiger partial charge in [-0.1, -0.05) is 43.2 Å². The van der Waals surface area contributed by atoms with E-state index in [4.69, 9.17) is 0 Å². The second-order valence-corrected chi connectivity index (χ2v) is 5.49. The molecule has 2 N–H and O–H groups in total. The number of hydrogen-bond acceptors (Lipinski definition) is 2. The zero-order valence-electron chi connectivity index (χ0n) is 14.4. The fraction of sp³-hybridized carbons (Fsp3) is 0.588. The van der Waals surface area contributed by atoms with Gasteiger partial charge in [0.15, 0.2) is 5.96 Å². The first-order chi connectivity index (χ1) is 10.2. The van der Waals surface area contributed by atoms with Gasteiger partial charge in [-0.15, -0.1) is 24.0 Å². The van der Waals surface area contributed by atoms with Crippen molar-refractivity contribution < 1.29 is 0 Å². The van der Waals surface area contributed by atoms with Gasteiger partial charge in [0.25, 0.3) is 0 Å². The van der Waals surface area contributed by atoms with E-state index in [1.54, 1.807) is 0 Å². The van der Waals surface area contributed by atoms with Crippen LogP contribution < -0.4 is 10.6 Å². The molecule has 5 heteroatoms. The Bertz CT molecular complexity index is 417. The lowest BCUT2D eigenvalue weighted by molar-refractivity contribution is 0.332. The molecule has 0 saturated heterocycles. The van der Waals surface area contributed by atoms with Gasteiger partial charge in [0.1, 0.15) is 0 Å². The molecule has 0 saturated carbocycles. The first-order valence-corrected chi connectivity index (χ1v) is 7.84. The largest absolute Gasteiger partial charge is 0.355 e. The molecule has 4 nitrogen and oxygen atoms in total. The maximum atomic E-state index is 4.26. The van der Waals surface area contributed by atoms with Crippen molar-refractivity contribution in [1.82, 2.24) is 15.5 Å². The first-order valence-electron chi connectivity index (χ1n) is 7.84. The van der Waals surface area contributed by atoms with Crippen LogP contribution in [0, 0.1) is 6.92 Å². The van der Waals surface area contributed by atoms with Gasteiger partial charge in [0.2, 0.25) is 0 Å². The summed E-state index contributed by atoms with van der Waals surface area (Å²) >= 11 is 0. The zero-order chi connectivity index (χ0) is 15.5. The number of hydrogen-bond donors (Lipinski definition) is 2. The number of likely N-dealkylation sites (N-methyl/N-ethyl adjacent to an activating group) is 1. The van der Waals surface area contributed by atoms with Gasteiger partial charge in [-0.2, -0.15) is 0 Å². The Morgan fingerprint density at radius 2 is 1.82 bits per heavy atom. The Hall–Kier alpha value is -0.820. The molecule has 0 unspecified atom stereocenters. The molecular formula is C17H31IN4. The van der Waals surface area contributed by atoms with Crippen molar-refractivity contribution in [2.24, 2.45) is 4.99 Å². The second kappa shape index (κ2) is 12.7. The maximum absolute atomic E-state index is 4.26. The molecular weight excluding hydrogens is 387 g/mol. The predicted octanol–water partition coefficient (Wildman–Crippen LogP) is 3.01. The average Bonchev–Trinajstić information content (AvgIpc) is 2.50. The number of nitrogens with one attached hydrogen (secondary N) is 2. The molecule has 22 heavy (non-hydrogen) atoms. The highest BCUT2D eigenvalue weighted by Gasteiger charge is 2.00. The third kappa shape index (κ3) is 9.25. The van der Waals surface area contributed by atoms with Crippen molar-refractivity contribution in [1.29, 1.82) is 0 Å². The number of nitrogens with zero attached hydrogens (tertiary/aromatic N) is 2. The molecule has 0 aromatic heterocycles. The number of halogens is 1. The Labute approximate surface area is 152 Å². The molecule has 1 aromatic carbocycles. The SMILES string of the molecule is CCCCN(C)CCNC(=NC)NCc1ccc(C)cc1.I. The Balaban J connectivity index is 0.00000441. The minimum atomic E-state index is 0. The lowest BCUT2D eigenvalue weighted by atomic mass is 10.1. The molecule has 0 heterocycles. The van der Waals surface area contributed by atoms with E-state index >= 15 is 0 Å². The molecule has 0 spiro atoms. The molecule has 0 bridgehead atoms. The van der Waals surface area contributed by atoms with Crippen LogP contribution in [0.2, 0.25) is 0 Å². The summed E-state index contributed by atoms with van der Waals surface area (Å²) in [6, 6.07) is 8.56. The van der Waals surface area contributed by atoms with Crippen molar-refractivity contribution in [3.05, 3.63) is 35.4 Å². The van der Waals surface area contributed by atoms with E-state index in [9.17, 15) is 0 Å². The van der Waals surface area contributed by atoms with E-state index in [-0.39, 0.29) is 24.0 Å². The topological polar surface area (TPSA) is 39.7 Å². The van der Waals surface area contributed by atoms with Crippen molar-refractivity contribution in [2.75, 3.05) is 33.7 Å². The van der Waals surface area contributed by atoms with Crippen LogP contribution in [0.25, 0.3) is 0 Å². The molecule has 0 aliphatic carbocycles. The molecule has 126 valence electrons. The maximum Gasteiger partial charge on any atom is 0.191 e. The highest BCUT2D eigenvalue weighted by atomic mass is 127. The minimum absolute atomic E-state index is 0. The first kappa shape index (κ1) is 21.2. The molecule has 0 aliphatic rings. The normalized spacial score (nSPS) is 11.2. The van der Waals surface area contributed by atoms with Crippen LogP contribution in [0.15, 0.2) is 29.3 Å². The summed E-state index contributed by atoms with van der Waals surface area (Å²) in [4.78, 5) is 6.61. The number of unbranched alkanes of at least 4 members (excludes halogenated alkanes) is 1. The van der Waals surface area contributed by atoms with Gasteiger partial charge < -0.3 is 15.5 Å². The van der Waals surface area contributed by atoms with Crippen molar-refractivity contribution in [3.8, 4) is 0 Å². The van der Waals surface area contributed by atoms with Gasteiger partial charge in [-0.25, -0.2) is 0 Å². The van der Waals surface area contributed by atoms with Gasteiger partial charge in [0, 0.05) is 26.7 Å². The van der Waals surface area contributed by atoms with Crippen LogP contribution in [0.4, 0.5) is 0 Å². The van der Waals surface area contributed by atoms with Gasteiger partial charge in [0.05, 0.1) is 0 Å². The van der Waals surface area contributed by atoms with Crippen molar-refractivity contribution >= 4 is 29.9 Å². The van der Waals surface area contributed by atoms with Crippen LogP contribution in [-0.4, -0.2) is 44.6 Å². The Kier molecular flexibility index (Phi) is 12.2. The van der Waals surface area contributed by atoms with Crippen molar-refractivity contribution in [2.45, 2.75) is 33.2 Å². The molecule has 0 fully saturated rings. The lowest BCUT2D eigenvalue weighted by Gasteiger charge is -2.18. The fourth-order valence-electron chi connectivity index (χ4n) is 2.02. The molecule has 0 radical (unpaired) electrons. The summed E-state index contributed by atoms with van der Waals surface area (Å²) in [5.74, 6) is 0.861. The molecule has 1 rings (SSSR count). The monoisotopic (exact) mass is 418 g/mol. The summed E-state index contributed by atoms with van der Waals surface area (Å²) < 4.78 is 0.